The van der Waals surface area contributed by atoms with Crippen molar-refractivity contribution in [3.63, 3.8) is 0 Å². The van der Waals surface area contributed by atoms with Gasteiger partial charge in [0.1, 0.15) is 8.07 Å². The molecule has 1 saturated carbocycles. The summed E-state index contributed by atoms with van der Waals surface area (Å²) in [7, 11) is -1.10. The molecule has 1 N–H and O–H groups in total. The van der Waals surface area contributed by atoms with Gasteiger partial charge in [0.05, 0.1) is 0 Å². The van der Waals surface area contributed by atoms with E-state index in [1.807, 2.05) is 0 Å². The smallest absolute Gasteiger partial charge is 0.128 e. The molecule has 1 nitrogen and oxygen atoms in total. The molecule has 1 aliphatic heterocycles. The van der Waals surface area contributed by atoms with Crippen LogP contribution in [0.2, 0.25) is 19.6 Å². The summed E-state index contributed by atoms with van der Waals surface area (Å²) < 4.78 is 0. The molecule has 2 heteroatoms. The Morgan fingerprint density at radius 1 is 1.06 bits per heavy atom. The second-order valence-electron chi connectivity index (χ2n) is 6.14. The van der Waals surface area contributed by atoms with Crippen molar-refractivity contribution in [3.05, 3.63) is 0 Å². The first-order valence-corrected chi connectivity index (χ1v) is 10.2. The first-order valence-electron chi connectivity index (χ1n) is 6.74. The van der Waals surface area contributed by atoms with E-state index >= 15 is 0 Å². The summed E-state index contributed by atoms with van der Waals surface area (Å²) in [6, 6.07) is 0.905. The molecule has 0 amide bonds. The zero-order chi connectivity index (χ0) is 12.0. The number of hydrogen-bond acceptors (Lipinski definition) is 1. The summed E-state index contributed by atoms with van der Waals surface area (Å²) in [5.41, 5.74) is 2.74. The molecule has 16 heavy (non-hydrogen) atoms. The molecule has 0 aromatic rings. The highest BCUT2D eigenvalue weighted by Crippen LogP contribution is 2.30. The normalized spacial score (nSPS) is 29.4. The molecule has 0 bridgehead atoms. The average molecular weight is 237 g/mol. The number of hydrogen-bond donors (Lipinski definition) is 1. The summed E-state index contributed by atoms with van der Waals surface area (Å²) in [5, 5.41) is 3.62. The minimum atomic E-state index is -1.10. The second kappa shape index (κ2) is 6.47. The third-order valence-corrected chi connectivity index (χ3v) is 4.37. The van der Waals surface area contributed by atoms with Crippen LogP contribution in [0.5, 0.6) is 0 Å². The Balaban J connectivity index is 0.000000187. The summed E-state index contributed by atoms with van der Waals surface area (Å²) in [4.78, 5) is 0. The molecule has 1 saturated heterocycles. The topological polar surface area (TPSA) is 12.0 Å². The number of nitrogens with one attached hydrogen (secondary N) is 1. The van der Waals surface area contributed by atoms with Crippen molar-refractivity contribution in [1.82, 2.24) is 5.32 Å². The third kappa shape index (κ3) is 5.18. The fourth-order valence-corrected chi connectivity index (χ4v) is 2.47. The largest absolute Gasteiger partial charge is 0.314 e. The van der Waals surface area contributed by atoms with Crippen molar-refractivity contribution < 1.29 is 0 Å². The van der Waals surface area contributed by atoms with Gasteiger partial charge in [0.2, 0.25) is 0 Å². The van der Waals surface area contributed by atoms with Gasteiger partial charge < -0.3 is 5.32 Å². The molecule has 0 aromatic heterocycles. The molecular formula is C14H27NSi. The van der Waals surface area contributed by atoms with Crippen molar-refractivity contribution in [2.45, 2.75) is 64.2 Å². The van der Waals surface area contributed by atoms with E-state index in [1.54, 1.807) is 0 Å². The van der Waals surface area contributed by atoms with Gasteiger partial charge in [-0.3, -0.25) is 0 Å². The molecule has 2 rings (SSSR count). The number of terminal acetylenes is 1. The van der Waals surface area contributed by atoms with E-state index < -0.39 is 8.07 Å². The predicted molar refractivity (Wildman–Crippen MR) is 75.2 cm³/mol. The highest BCUT2D eigenvalue weighted by Gasteiger charge is 2.26. The summed E-state index contributed by atoms with van der Waals surface area (Å²) in [6.45, 7) is 7.72. The van der Waals surface area contributed by atoms with E-state index in [-0.39, 0.29) is 0 Å². The Kier molecular flexibility index (Phi) is 5.58. The van der Waals surface area contributed by atoms with Crippen LogP contribution in [0, 0.1) is 17.9 Å². The molecule has 2 atom stereocenters. The summed E-state index contributed by atoms with van der Waals surface area (Å²) in [5.74, 6) is 1.04. The van der Waals surface area contributed by atoms with Crippen molar-refractivity contribution in [2.75, 3.05) is 6.54 Å². The van der Waals surface area contributed by atoms with Crippen molar-refractivity contribution >= 4 is 8.07 Å². The molecule has 1 aliphatic carbocycles. The van der Waals surface area contributed by atoms with Crippen LogP contribution in [0.1, 0.15) is 38.5 Å². The lowest BCUT2D eigenvalue weighted by Crippen LogP contribution is -2.42. The first kappa shape index (κ1) is 13.8. The fourth-order valence-electron chi connectivity index (χ4n) is 2.47. The lowest BCUT2D eigenvalue weighted by molar-refractivity contribution is 0.212. The van der Waals surface area contributed by atoms with Crippen LogP contribution < -0.4 is 5.32 Å². The third-order valence-electron chi connectivity index (χ3n) is 3.50. The minimum Gasteiger partial charge on any atom is -0.314 e. The molecule has 0 spiro atoms. The Bertz CT molecular complexity index is 210. The average Bonchev–Trinajstić information content (AvgIpc) is 2.29. The Morgan fingerprint density at radius 3 is 2.19 bits per heavy atom. The first-order chi connectivity index (χ1) is 7.53. The van der Waals surface area contributed by atoms with Crippen LogP contribution in [-0.4, -0.2) is 20.7 Å². The van der Waals surface area contributed by atoms with Gasteiger partial charge in [-0.2, -0.15) is 0 Å². The Morgan fingerprint density at radius 2 is 1.62 bits per heavy atom. The molecule has 0 radical (unpaired) electrons. The molecule has 1 heterocycles. The van der Waals surface area contributed by atoms with Crippen LogP contribution in [0.3, 0.4) is 0 Å². The lowest BCUT2D eigenvalue weighted by atomic mass is 9.80. The van der Waals surface area contributed by atoms with Crippen molar-refractivity contribution in [1.29, 1.82) is 0 Å². The lowest BCUT2D eigenvalue weighted by Gasteiger charge is -2.36. The van der Waals surface area contributed by atoms with Gasteiger partial charge in [-0.05, 0) is 38.1 Å². The molecule has 0 unspecified atom stereocenters. The number of rotatable bonds is 0. The monoisotopic (exact) mass is 237 g/mol. The zero-order valence-corrected chi connectivity index (χ0v) is 12.2. The Labute approximate surface area is 102 Å². The van der Waals surface area contributed by atoms with Gasteiger partial charge in [0.15, 0.2) is 0 Å². The van der Waals surface area contributed by atoms with Gasteiger partial charge in [0, 0.05) is 6.04 Å². The van der Waals surface area contributed by atoms with Crippen LogP contribution >= 0.6 is 0 Å². The molecule has 2 aliphatic rings. The van der Waals surface area contributed by atoms with Gasteiger partial charge in [-0.1, -0.05) is 32.5 Å². The SMILES string of the molecule is C#C[Si](C)(C)C.C1CC[C@H]2NCCC[C@H]2C1. The quantitative estimate of drug-likeness (QED) is 0.503. The fraction of sp³-hybridized carbons (Fsp3) is 0.857. The Hall–Kier alpha value is -0.263. The predicted octanol–water partition coefficient (Wildman–Crippen LogP) is 3.43. The maximum atomic E-state index is 5.12. The zero-order valence-electron chi connectivity index (χ0n) is 11.2. The summed E-state index contributed by atoms with van der Waals surface area (Å²) >= 11 is 0. The maximum Gasteiger partial charge on any atom is 0.128 e. The maximum absolute atomic E-state index is 5.12. The standard InChI is InChI=1S/C9H17N.C5H10Si/c1-2-6-9-8(4-1)5-3-7-10-9;1-5-6(2,3)4/h8-10H,1-7H2;1H,2-4H3/t8-,9-;/m1./s1. The van der Waals surface area contributed by atoms with E-state index in [2.05, 4.69) is 30.5 Å². The van der Waals surface area contributed by atoms with E-state index in [0.29, 0.717) is 0 Å². The van der Waals surface area contributed by atoms with Crippen molar-refractivity contribution in [3.8, 4) is 12.0 Å². The van der Waals surface area contributed by atoms with E-state index in [1.165, 1.54) is 45.1 Å². The van der Waals surface area contributed by atoms with Gasteiger partial charge in [-0.15, -0.1) is 12.0 Å². The highest BCUT2D eigenvalue weighted by atomic mass is 28.3. The van der Waals surface area contributed by atoms with Crippen LogP contribution in [0.25, 0.3) is 0 Å². The second-order valence-corrected chi connectivity index (χ2v) is 10.9. The van der Waals surface area contributed by atoms with Gasteiger partial charge in [0.25, 0.3) is 0 Å². The van der Waals surface area contributed by atoms with Crippen LogP contribution in [0.4, 0.5) is 0 Å². The minimum absolute atomic E-state index is 0.905. The summed E-state index contributed by atoms with van der Waals surface area (Å²) in [6.07, 6.45) is 13.9. The molecule has 92 valence electrons. The molecule has 2 fully saturated rings. The van der Waals surface area contributed by atoms with E-state index in [9.17, 15) is 0 Å². The number of fused-ring (bicyclic) bond motifs is 1. The van der Waals surface area contributed by atoms with Gasteiger partial charge in [-0.25, -0.2) is 0 Å². The van der Waals surface area contributed by atoms with Crippen LogP contribution in [0.15, 0.2) is 0 Å². The van der Waals surface area contributed by atoms with Crippen molar-refractivity contribution in [2.24, 2.45) is 5.92 Å². The van der Waals surface area contributed by atoms with Gasteiger partial charge >= 0.3 is 0 Å². The van der Waals surface area contributed by atoms with E-state index in [4.69, 9.17) is 6.42 Å². The molecule has 0 aromatic carbocycles. The number of piperidine rings is 1. The molecular weight excluding hydrogens is 210 g/mol. The highest BCUT2D eigenvalue weighted by molar-refractivity contribution is 6.83. The van der Waals surface area contributed by atoms with E-state index in [0.717, 1.165) is 12.0 Å². The van der Waals surface area contributed by atoms with Crippen LogP contribution in [-0.2, 0) is 0 Å².